The van der Waals surface area contributed by atoms with Gasteiger partial charge in [-0.15, -0.1) is 0 Å². The summed E-state index contributed by atoms with van der Waals surface area (Å²) in [6.07, 6.45) is 1.04. The van der Waals surface area contributed by atoms with E-state index in [1.165, 1.54) is 21.6 Å². The SMILES string of the molecule is CC(C)(C)P(Cc1cccc(CNc2ccc(Cl)cc2P(c2ccccc2)c2ccccc2)n1)C(C)(C)C. The van der Waals surface area contributed by atoms with E-state index in [1.54, 1.807) is 0 Å². The van der Waals surface area contributed by atoms with Gasteiger partial charge in [-0.1, -0.05) is 128 Å². The van der Waals surface area contributed by atoms with Crippen LogP contribution in [0.25, 0.3) is 0 Å². The van der Waals surface area contributed by atoms with Crippen LogP contribution in [0.5, 0.6) is 0 Å². The molecule has 38 heavy (non-hydrogen) atoms. The van der Waals surface area contributed by atoms with Crippen molar-refractivity contribution in [3.8, 4) is 0 Å². The Kier molecular flexibility index (Phi) is 9.31. The van der Waals surface area contributed by atoms with Crippen molar-refractivity contribution in [1.29, 1.82) is 0 Å². The van der Waals surface area contributed by atoms with Gasteiger partial charge in [0.25, 0.3) is 0 Å². The number of rotatable bonds is 8. The maximum atomic E-state index is 6.57. The maximum Gasteiger partial charge on any atom is 0.0598 e. The van der Waals surface area contributed by atoms with E-state index >= 15 is 0 Å². The zero-order chi connectivity index (χ0) is 27.3. The Labute approximate surface area is 236 Å². The molecule has 198 valence electrons. The highest BCUT2D eigenvalue weighted by atomic mass is 35.5. The standard InChI is InChI=1S/C33H39ClN2P2/c1-32(2,3)37(33(4,5)6)24-27-15-13-14-26(36-27)23-35-30-21-20-25(34)22-31(30)38(28-16-9-7-10-17-28)29-18-11-8-12-19-29/h7-22,35H,23-24H2,1-6H3. The van der Waals surface area contributed by atoms with E-state index in [1.807, 2.05) is 6.07 Å². The number of anilines is 1. The number of aromatic nitrogens is 1. The average Bonchev–Trinajstić information content (AvgIpc) is 2.87. The maximum absolute atomic E-state index is 6.57. The summed E-state index contributed by atoms with van der Waals surface area (Å²) < 4.78 is 0. The minimum absolute atomic E-state index is 0.249. The van der Waals surface area contributed by atoms with Crippen molar-refractivity contribution in [2.45, 2.75) is 64.6 Å². The molecule has 4 rings (SSSR count). The van der Waals surface area contributed by atoms with Gasteiger partial charge in [0.05, 0.1) is 12.2 Å². The molecule has 2 nitrogen and oxygen atoms in total. The molecule has 0 bridgehead atoms. The van der Waals surface area contributed by atoms with Crippen LogP contribution in [0.4, 0.5) is 5.69 Å². The first-order chi connectivity index (χ1) is 18.0. The molecule has 0 radical (unpaired) electrons. The van der Waals surface area contributed by atoms with Gasteiger partial charge in [0.15, 0.2) is 0 Å². The van der Waals surface area contributed by atoms with Crippen molar-refractivity contribution < 1.29 is 0 Å². The molecule has 0 spiro atoms. The molecule has 0 aliphatic carbocycles. The van der Waals surface area contributed by atoms with Crippen LogP contribution in [0.1, 0.15) is 52.9 Å². The Hall–Kier alpha value is -2.24. The van der Waals surface area contributed by atoms with Crippen molar-refractivity contribution in [3.63, 3.8) is 0 Å². The van der Waals surface area contributed by atoms with Crippen LogP contribution >= 0.6 is 27.4 Å². The van der Waals surface area contributed by atoms with Crippen molar-refractivity contribution in [2.24, 2.45) is 0 Å². The van der Waals surface area contributed by atoms with E-state index in [4.69, 9.17) is 16.6 Å². The number of nitrogens with one attached hydrogen (secondary N) is 1. The highest BCUT2D eigenvalue weighted by Gasteiger charge is 2.34. The molecule has 0 amide bonds. The van der Waals surface area contributed by atoms with E-state index in [0.29, 0.717) is 6.54 Å². The summed E-state index contributed by atoms with van der Waals surface area (Å²) in [6.45, 7) is 14.9. The van der Waals surface area contributed by atoms with Crippen molar-refractivity contribution >= 4 is 49.0 Å². The summed E-state index contributed by atoms with van der Waals surface area (Å²) in [5.74, 6) is 0. The summed E-state index contributed by atoms with van der Waals surface area (Å²) in [5, 5.41) is 8.85. The summed E-state index contributed by atoms with van der Waals surface area (Å²) >= 11 is 6.57. The van der Waals surface area contributed by atoms with Crippen LogP contribution in [-0.2, 0) is 12.7 Å². The van der Waals surface area contributed by atoms with Crippen molar-refractivity contribution in [3.05, 3.63) is 113 Å². The van der Waals surface area contributed by atoms with E-state index < -0.39 is 7.92 Å². The Balaban J connectivity index is 1.62. The van der Waals surface area contributed by atoms with Gasteiger partial charge in [-0.3, -0.25) is 4.98 Å². The van der Waals surface area contributed by atoms with Crippen LogP contribution in [0.2, 0.25) is 5.02 Å². The third kappa shape index (κ3) is 7.45. The molecule has 1 heterocycles. The van der Waals surface area contributed by atoms with Gasteiger partial charge in [-0.05, 0) is 59.2 Å². The van der Waals surface area contributed by atoms with E-state index in [-0.39, 0.29) is 18.2 Å². The quantitative estimate of drug-likeness (QED) is 0.218. The van der Waals surface area contributed by atoms with Gasteiger partial charge in [0.2, 0.25) is 0 Å². The van der Waals surface area contributed by atoms with Crippen LogP contribution in [0.15, 0.2) is 97.1 Å². The molecule has 4 aromatic rings. The highest BCUT2D eigenvalue weighted by Crippen LogP contribution is 2.61. The number of pyridine rings is 1. The Morgan fingerprint density at radius 2 is 1.24 bits per heavy atom. The summed E-state index contributed by atoms with van der Waals surface area (Å²) in [6, 6.07) is 34.2. The smallest absolute Gasteiger partial charge is 0.0598 e. The predicted molar refractivity (Wildman–Crippen MR) is 172 cm³/mol. The molecule has 0 unspecified atom stereocenters. The van der Waals surface area contributed by atoms with Gasteiger partial charge in [0.1, 0.15) is 0 Å². The van der Waals surface area contributed by atoms with Gasteiger partial charge < -0.3 is 5.32 Å². The topological polar surface area (TPSA) is 24.9 Å². The summed E-state index contributed by atoms with van der Waals surface area (Å²) in [5.41, 5.74) is 3.35. The summed E-state index contributed by atoms with van der Waals surface area (Å²) in [7, 11) is -1.02. The third-order valence-corrected chi connectivity index (χ3v) is 13.1. The third-order valence-electron chi connectivity index (χ3n) is 6.49. The van der Waals surface area contributed by atoms with Crippen LogP contribution in [0, 0.1) is 0 Å². The average molecular weight is 561 g/mol. The van der Waals surface area contributed by atoms with E-state index in [9.17, 15) is 0 Å². The minimum Gasteiger partial charge on any atom is -0.379 e. The van der Waals surface area contributed by atoms with Gasteiger partial charge >= 0.3 is 0 Å². The number of halogens is 1. The number of benzene rings is 3. The number of hydrogen-bond donors (Lipinski definition) is 1. The second-order valence-corrected chi connectivity index (χ2v) is 18.0. The molecular formula is C33H39ClN2P2. The fourth-order valence-electron chi connectivity index (χ4n) is 4.96. The van der Waals surface area contributed by atoms with E-state index in [2.05, 4.69) is 138 Å². The summed E-state index contributed by atoms with van der Waals surface area (Å²) in [4.78, 5) is 5.10. The first-order valence-corrected chi connectivity index (χ1v) is 16.4. The molecular weight excluding hydrogens is 522 g/mol. The molecule has 0 saturated heterocycles. The van der Waals surface area contributed by atoms with Gasteiger partial charge in [-0.25, -0.2) is 0 Å². The van der Waals surface area contributed by atoms with Crippen molar-refractivity contribution in [2.75, 3.05) is 5.32 Å². The second-order valence-electron chi connectivity index (χ2n) is 11.6. The van der Waals surface area contributed by atoms with Gasteiger partial charge in [-0.2, -0.15) is 0 Å². The first-order valence-electron chi connectivity index (χ1n) is 13.2. The number of hydrogen-bond acceptors (Lipinski definition) is 2. The monoisotopic (exact) mass is 560 g/mol. The lowest BCUT2D eigenvalue weighted by Gasteiger charge is -2.41. The molecule has 0 saturated carbocycles. The van der Waals surface area contributed by atoms with Crippen LogP contribution in [-0.4, -0.2) is 15.3 Å². The minimum atomic E-state index is -0.772. The zero-order valence-electron chi connectivity index (χ0n) is 23.4. The largest absolute Gasteiger partial charge is 0.379 e. The normalized spacial score (nSPS) is 12.2. The van der Waals surface area contributed by atoms with E-state index in [0.717, 1.165) is 22.6 Å². The first kappa shape index (κ1) is 28.8. The van der Waals surface area contributed by atoms with Crippen LogP contribution < -0.4 is 21.2 Å². The zero-order valence-corrected chi connectivity index (χ0v) is 25.9. The molecule has 1 aromatic heterocycles. The molecule has 5 heteroatoms. The molecule has 0 aliphatic heterocycles. The fourth-order valence-corrected chi connectivity index (χ4v) is 11.1. The Morgan fingerprint density at radius 3 is 1.79 bits per heavy atom. The second kappa shape index (κ2) is 12.3. The molecule has 3 aromatic carbocycles. The van der Waals surface area contributed by atoms with Crippen molar-refractivity contribution in [1.82, 2.24) is 4.98 Å². The fraction of sp³-hybridized carbons (Fsp3) is 0.303. The Morgan fingerprint density at radius 1 is 0.684 bits per heavy atom. The van der Waals surface area contributed by atoms with Crippen LogP contribution in [0.3, 0.4) is 0 Å². The highest BCUT2D eigenvalue weighted by molar-refractivity contribution is 7.80. The Bertz CT molecular complexity index is 1280. The lowest BCUT2D eigenvalue weighted by molar-refractivity contribution is 0.701. The predicted octanol–water partition coefficient (Wildman–Crippen LogP) is 8.68. The number of nitrogens with zero attached hydrogens (tertiary/aromatic N) is 1. The lowest BCUT2D eigenvalue weighted by Crippen LogP contribution is -2.26. The molecule has 1 N–H and O–H groups in total. The molecule has 0 aliphatic rings. The molecule has 0 fully saturated rings. The molecule has 0 atom stereocenters. The van der Waals surface area contributed by atoms with Gasteiger partial charge in [0, 0.05) is 27.9 Å². The lowest BCUT2D eigenvalue weighted by atomic mass is 10.2.